The zero-order valence-corrected chi connectivity index (χ0v) is 13.2. The van der Waals surface area contributed by atoms with Gasteiger partial charge < -0.3 is 0 Å². The number of benzene rings is 1. The fourth-order valence-electron chi connectivity index (χ4n) is 2.01. The molecule has 0 bridgehead atoms. The number of hydrogen-bond donors (Lipinski definition) is 1. The van der Waals surface area contributed by atoms with Crippen LogP contribution in [0.4, 0.5) is 5.82 Å². The number of nitrogens with one attached hydrogen (secondary N) is 1. The van der Waals surface area contributed by atoms with E-state index in [4.69, 9.17) is 11.6 Å². The maximum absolute atomic E-state index is 6.09. The van der Waals surface area contributed by atoms with Gasteiger partial charge in [-0.3, -0.25) is 5.43 Å². The van der Waals surface area contributed by atoms with Crippen molar-refractivity contribution < 1.29 is 0 Å². The van der Waals surface area contributed by atoms with Gasteiger partial charge in [-0.05, 0) is 25.5 Å². The van der Waals surface area contributed by atoms with E-state index < -0.39 is 0 Å². The van der Waals surface area contributed by atoms with Crippen molar-refractivity contribution >= 4 is 45.2 Å². The molecule has 0 aliphatic carbocycles. The highest BCUT2D eigenvalue weighted by Crippen LogP contribution is 2.32. The lowest BCUT2D eigenvalue weighted by Gasteiger charge is -2.02. The van der Waals surface area contributed by atoms with Gasteiger partial charge in [0.15, 0.2) is 5.82 Å². The first-order chi connectivity index (χ1) is 10.2. The average Bonchev–Trinajstić information content (AvgIpc) is 2.77. The summed E-state index contributed by atoms with van der Waals surface area (Å²) in [4.78, 5) is 10.8. The van der Waals surface area contributed by atoms with Gasteiger partial charge in [0, 0.05) is 15.5 Å². The second-order valence-corrected chi connectivity index (χ2v) is 6.19. The Morgan fingerprint density at radius 2 is 2.05 bits per heavy atom. The first-order valence-electron chi connectivity index (χ1n) is 6.41. The van der Waals surface area contributed by atoms with Crippen molar-refractivity contribution in [2.75, 3.05) is 5.43 Å². The summed E-state index contributed by atoms with van der Waals surface area (Å²) < 4.78 is 0. The van der Waals surface area contributed by atoms with Gasteiger partial charge in [0.2, 0.25) is 0 Å². The summed E-state index contributed by atoms with van der Waals surface area (Å²) in [5.74, 6) is 0.713. The predicted octanol–water partition coefficient (Wildman–Crippen LogP) is 4.41. The molecule has 6 heteroatoms. The molecule has 0 aliphatic heterocycles. The number of anilines is 1. The van der Waals surface area contributed by atoms with Crippen molar-refractivity contribution in [2.24, 2.45) is 5.10 Å². The van der Waals surface area contributed by atoms with Crippen LogP contribution in [0, 0.1) is 13.8 Å². The first kappa shape index (κ1) is 14.0. The van der Waals surface area contributed by atoms with Gasteiger partial charge in [-0.25, -0.2) is 9.97 Å². The second-order valence-electron chi connectivity index (χ2n) is 4.58. The van der Waals surface area contributed by atoms with Gasteiger partial charge >= 0.3 is 0 Å². The van der Waals surface area contributed by atoms with Crippen LogP contribution < -0.4 is 5.43 Å². The summed E-state index contributed by atoms with van der Waals surface area (Å²) in [5.41, 5.74) is 5.03. The van der Waals surface area contributed by atoms with Gasteiger partial charge in [0.25, 0.3) is 0 Å². The monoisotopic (exact) mass is 316 g/mol. The summed E-state index contributed by atoms with van der Waals surface area (Å²) in [5, 5.41) is 5.92. The Labute approximate surface area is 131 Å². The maximum atomic E-state index is 6.09. The molecule has 0 fully saturated rings. The molecule has 1 N–H and O–H groups in total. The molecule has 0 saturated heterocycles. The van der Waals surface area contributed by atoms with E-state index >= 15 is 0 Å². The number of hydrazone groups is 1. The van der Waals surface area contributed by atoms with Crippen molar-refractivity contribution in [3.8, 4) is 0 Å². The summed E-state index contributed by atoms with van der Waals surface area (Å²) in [6.45, 7) is 4.15. The Kier molecular flexibility index (Phi) is 3.86. The van der Waals surface area contributed by atoms with Crippen LogP contribution >= 0.6 is 22.9 Å². The Morgan fingerprint density at radius 3 is 2.86 bits per heavy atom. The average molecular weight is 317 g/mol. The minimum absolute atomic E-state index is 0.665. The van der Waals surface area contributed by atoms with E-state index in [1.807, 2.05) is 24.3 Å². The number of halogens is 1. The first-order valence-corrected chi connectivity index (χ1v) is 7.60. The van der Waals surface area contributed by atoms with Gasteiger partial charge in [-0.15, -0.1) is 11.3 Å². The van der Waals surface area contributed by atoms with E-state index in [0.717, 1.165) is 15.8 Å². The van der Waals surface area contributed by atoms with E-state index in [0.29, 0.717) is 10.8 Å². The van der Waals surface area contributed by atoms with Crippen molar-refractivity contribution in [2.45, 2.75) is 13.8 Å². The minimum atomic E-state index is 0.665. The molecule has 2 heterocycles. The molecule has 2 aromatic heterocycles. The molecule has 3 aromatic rings. The zero-order valence-electron chi connectivity index (χ0n) is 11.6. The molecular formula is C15H13ClN4S. The van der Waals surface area contributed by atoms with E-state index in [1.165, 1.54) is 10.4 Å². The number of thiophene rings is 1. The Balaban J connectivity index is 1.91. The SMILES string of the molecule is Cc1sc2ncnc(N/N=C/c3ccccc3Cl)c2c1C. The van der Waals surface area contributed by atoms with Crippen LogP contribution in [-0.4, -0.2) is 16.2 Å². The molecule has 0 saturated carbocycles. The third-order valence-corrected chi connectivity index (χ3v) is 4.70. The van der Waals surface area contributed by atoms with Crippen molar-refractivity contribution in [1.82, 2.24) is 9.97 Å². The number of nitrogens with zero attached hydrogens (tertiary/aromatic N) is 3. The summed E-state index contributed by atoms with van der Waals surface area (Å²) in [6, 6.07) is 7.54. The highest BCUT2D eigenvalue weighted by molar-refractivity contribution is 7.18. The van der Waals surface area contributed by atoms with Crippen LogP contribution in [0.15, 0.2) is 35.7 Å². The van der Waals surface area contributed by atoms with Crippen LogP contribution in [-0.2, 0) is 0 Å². The highest BCUT2D eigenvalue weighted by Gasteiger charge is 2.11. The van der Waals surface area contributed by atoms with Crippen LogP contribution in [0.5, 0.6) is 0 Å². The van der Waals surface area contributed by atoms with E-state index in [1.54, 1.807) is 23.9 Å². The van der Waals surface area contributed by atoms with Gasteiger partial charge in [-0.1, -0.05) is 29.8 Å². The smallest absolute Gasteiger partial charge is 0.158 e. The lowest BCUT2D eigenvalue weighted by Crippen LogP contribution is -1.95. The fraction of sp³-hybridized carbons (Fsp3) is 0.133. The number of rotatable bonds is 3. The Hall–Kier alpha value is -1.98. The molecule has 0 unspecified atom stereocenters. The normalized spacial score (nSPS) is 11.4. The van der Waals surface area contributed by atoms with Crippen LogP contribution in [0.2, 0.25) is 5.02 Å². The lowest BCUT2D eigenvalue weighted by molar-refractivity contribution is 1.19. The topological polar surface area (TPSA) is 50.2 Å². The number of hydrogen-bond acceptors (Lipinski definition) is 5. The molecule has 0 radical (unpaired) electrons. The van der Waals surface area contributed by atoms with Crippen LogP contribution in [0.1, 0.15) is 16.0 Å². The van der Waals surface area contributed by atoms with Crippen LogP contribution in [0.25, 0.3) is 10.2 Å². The molecule has 0 atom stereocenters. The lowest BCUT2D eigenvalue weighted by atomic mass is 10.2. The van der Waals surface area contributed by atoms with Crippen molar-refractivity contribution in [3.63, 3.8) is 0 Å². The van der Waals surface area contributed by atoms with Crippen molar-refractivity contribution in [1.29, 1.82) is 0 Å². The van der Waals surface area contributed by atoms with E-state index in [2.05, 4.69) is 34.3 Å². The van der Waals surface area contributed by atoms with Crippen LogP contribution in [0.3, 0.4) is 0 Å². The number of fused-ring (bicyclic) bond motifs is 1. The number of aromatic nitrogens is 2. The molecule has 106 valence electrons. The quantitative estimate of drug-likeness (QED) is 0.575. The molecule has 21 heavy (non-hydrogen) atoms. The summed E-state index contributed by atoms with van der Waals surface area (Å²) in [6.07, 6.45) is 3.23. The van der Waals surface area contributed by atoms with Gasteiger partial charge in [-0.2, -0.15) is 5.10 Å². The fourth-order valence-corrected chi connectivity index (χ4v) is 3.19. The Morgan fingerprint density at radius 1 is 1.24 bits per heavy atom. The molecule has 0 spiro atoms. The third kappa shape index (κ3) is 2.75. The summed E-state index contributed by atoms with van der Waals surface area (Å²) in [7, 11) is 0. The number of aryl methyl sites for hydroxylation is 2. The molecule has 4 nitrogen and oxygen atoms in total. The van der Waals surface area contributed by atoms with E-state index in [-0.39, 0.29) is 0 Å². The van der Waals surface area contributed by atoms with Gasteiger partial charge in [0.1, 0.15) is 11.2 Å². The predicted molar refractivity (Wildman–Crippen MR) is 89.6 cm³/mol. The zero-order chi connectivity index (χ0) is 14.8. The molecular weight excluding hydrogens is 304 g/mol. The third-order valence-electron chi connectivity index (χ3n) is 3.24. The molecule has 0 aliphatic rings. The Bertz CT molecular complexity index is 826. The summed E-state index contributed by atoms with van der Waals surface area (Å²) >= 11 is 7.75. The standard InChI is InChI=1S/C15H13ClN4S/c1-9-10(2)21-15-13(9)14(17-8-18-15)20-19-7-11-5-3-4-6-12(11)16/h3-8H,1-2H3,(H,17,18,20)/b19-7+. The van der Waals surface area contributed by atoms with Gasteiger partial charge in [0.05, 0.1) is 11.6 Å². The molecule has 1 aromatic carbocycles. The van der Waals surface area contributed by atoms with Crippen molar-refractivity contribution in [3.05, 3.63) is 51.6 Å². The highest BCUT2D eigenvalue weighted by atomic mass is 35.5. The molecule has 0 amide bonds. The second kappa shape index (κ2) is 5.79. The van der Waals surface area contributed by atoms with E-state index in [9.17, 15) is 0 Å². The molecule has 3 rings (SSSR count). The minimum Gasteiger partial charge on any atom is -0.261 e. The largest absolute Gasteiger partial charge is 0.261 e. The maximum Gasteiger partial charge on any atom is 0.158 e.